The highest BCUT2D eigenvalue weighted by molar-refractivity contribution is 7.13. The fourth-order valence-corrected chi connectivity index (χ4v) is 4.11. The van der Waals surface area contributed by atoms with E-state index in [1.54, 1.807) is 18.2 Å². The molecule has 0 unspecified atom stereocenters. The van der Waals surface area contributed by atoms with Crippen LogP contribution in [0, 0.1) is 6.92 Å². The van der Waals surface area contributed by atoms with E-state index in [9.17, 15) is 9.59 Å². The summed E-state index contributed by atoms with van der Waals surface area (Å²) in [6.45, 7) is 1.82. The quantitative estimate of drug-likeness (QED) is 0.504. The van der Waals surface area contributed by atoms with E-state index in [1.807, 2.05) is 31.2 Å². The molecular weight excluding hydrogens is 424 g/mol. The van der Waals surface area contributed by atoms with Crippen LogP contribution in [0.4, 0.5) is 5.69 Å². The molecule has 4 rings (SSSR count). The summed E-state index contributed by atoms with van der Waals surface area (Å²) in [6, 6.07) is 12.8. The zero-order chi connectivity index (χ0) is 21.3. The molecule has 2 aromatic carbocycles. The number of carbonyl (C=O) groups is 1. The molecule has 152 valence electrons. The minimum Gasteiger partial charge on any atom is -0.495 e. The first-order valence-electron chi connectivity index (χ1n) is 9.01. The van der Waals surface area contributed by atoms with Crippen LogP contribution in [0.3, 0.4) is 0 Å². The number of aromatic nitrogens is 3. The fourth-order valence-electron chi connectivity index (χ4n) is 3.05. The van der Waals surface area contributed by atoms with Gasteiger partial charge in [-0.2, -0.15) is 4.37 Å². The highest BCUT2D eigenvalue weighted by Crippen LogP contribution is 2.28. The summed E-state index contributed by atoms with van der Waals surface area (Å²) in [5.41, 5.74) is 3.40. The summed E-state index contributed by atoms with van der Waals surface area (Å²) in [7, 11) is 1.51. The third-order valence-corrected chi connectivity index (χ3v) is 5.61. The highest BCUT2D eigenvalue weighted by atomic mass is 35.5. The van der Waals surface area contributed by atoms with Crippen LogP contribution in [-0.2, 0) is 11.3 Å². The molecule has 0 aliphatic carbocycles. The number of nitrogens with one attached hydrogen (secondary N) is 1. The number of fused-ring (bicyclic) bond motifs is 1. The SMILES string of the molecule is COc1ccc(NC(=O)Cn2cnc3c(-c4cccc(C)c4)nsc3c2=O)cc1Cl. The second-order valence-electron chi connectivity index (χ2n) is 6.65. The molecule has 0 radical (unpaired) electrons. The zero-order valence-corrected chi connectivity index (χ0v) is 17.8. The topological polar surface area (TPSA) is 86.1 Å². The van der Waals surface area contributed by atoms with Gasteiger partial charge in [0.05, 0.1) is 18.5 Å². The number of halogens is 1. The van der Waals surface area contributed by atoms with Gasteiger partial charge in [-0.05, 0) is 42.7 Å². The van der Waals surface area contributed by atoms with Crippen LogP contribution >= 0.6 is 23.1 Å². The average molecular weight is 441 g/mol. The van der Waals surface area contributed by atoms with Gasteiger partial charge >= 0.3 is 0 Å². The minimum absolute atomic E-state index is 0.177. The van der Waals surface area contributed by atoms with Crippen molar-refractivity contribution in [2.75, 3.05) is 12.4 Å². The van der Waals surface area contributed by atoms with E-state index in [4.69, 9.17) is 16.3 Å². The highest BCUT2D eigenvalue weighted by Gasteiger charge is 2.16. The van der Waals surface area contributed by atoms with Crippen LogP contribution in [0.5, 0.6) is 5.75 Å². The average Bonchev–Trinajstić information content (AvgIpc) is 3.15. The number of benzene rings is 2. The van der Waals surface area contributed by atoms with Crippen molar-refractivity contribution in [1.29, 1.82) is 0 Å². The van der Waals surface area contributed by atoms with Crippen molar-refractivity contribution in [3.63, 3.8) is 0 Å². The molecule has 0 aliphatic rings. The van der Waals surface area contributed by atoms with Gasteiger partial charge in [0.15, 0.2) is 0 Å². The Labute approximate surface area is 181 Å². The molecule has 0 atom stereocenters. The van der Waals surface area contributed by atoms with E-state index >= 15 is 0 Å². The maximum absolute atomic E-state index is 12.8. The molecule has 0 fully saturated rings. The lowest BCUT2D eigenvalue weighted by Crippen LogP contribution is -2.27. The molecule has 1 amide bonds. The Hall–Kier alpha value is -3.23. The number of ether oxygens (including phenoxy) is 1. The van der Waals surface area contributed by atoms with E-state index in [2.05, 4.69) is 14.7 Å². The molecule has 2 aromatic heterocycles. The summed E-state index contributed by atoms with van der Waals surface area (Å²) >= 11 is 7.16. The molecule has 9 heteroatoms. The third-order valence-electron chi connectivity index (χ3n) is 4.49. The molecule has 1 N–H and O–H groups in total. The molecular formula is C21H17ClN4O3S. The number of hydrogen-bond donors (Lipinski definition) is 1. The lowest BCUT2D eigenvalue weighted by molar-refractivity contribution is -0.116. The summed E-state index contributed by atoms with van der Waals surface area (Å²) in [5, 5.41) is 3.10. The van der Waals surface area contributed by atoms with Crippen LogP contribution in [0.25, 0.3) is 21.5 Å². The fraction of sp³-hybridized carbons (Fsp3) is 0.143. The number of carbonyl (C=O) groups excluding carboxylic acids is 1. The van der Waals surface area contributed by atoms with Crippen LogP contribution in [-0.4, -0.2) is 26.9 Å². The number of anilines is 1. The Bertz CT molecular complexity index is 1320. The van der Waals surface area contributed by atoms with Crippen LogP contribution in [0.1, 0.15) is 5.56 Å². The minimum atomic E-state index is -0.372. The standard InChI is InChI=1S/C21H17ClN4O3S/c1-12-4-3-5-13(8-12)18-19-20(30-25-18)21(28)26(11-23-19)10-17(27)24-14-6-7-16(29-2)15(22)9-14/h3-9,11H,10H2,1-2H3,(H,24,27). The van der Waals surface area contributed by atoms with E-state index in [-0.39, 0.29) is 18.0 Å². The van der Waals surface area contributed by atoms with Gasteiger partial charge in [-0.1, -0.05) is 35.4 Å². The Morgan fingerprint density at radius 2 is 2.10 bits per heavy atom. The summed E-state index contributed by atoms with van der Waals surface area (Å²) in [4.78, 5) is 29.7. The molecule has 2 heterocycles. The van der Waals surface area contributed by atoms with Gasteiger partial charge in [-0.25, -0.2) is 4.98 Å². The van der Waals surface area contributed by atoms with Gasteiger partial charge in [-0.3, -0.25) is 14.2 Å². The molecule has 30 heavy (non-hydrogen) atoms. The van der Waals surface area contributed by atoms with E-state index in [0.717, 1.165) is 22.7 Å². The van der Waals surface area contributed by atoms with Crippen molar-refractivity contribution in [3.05, 3.63) is 69.7 Å². The monoisotopic (exact) mass is 440 g/mol. The van der Waals surface area contributed by atoms with E-state index in [0.29, 0.717) is 32.4 Å². The van der Waals surface area contributed by atoms with E-state index in [1.165, 1.54) is 18.0 Å². The van der Waals surface area contributed by atoms with Gasteiger partial charge in [0.1, 0.15) is 28.2 Å². The third kappa shape index (κ3) is 3.92. The predicted molar refractivity (Wildman–Crippen MR) is 118 cm³/mol. The maximum atomic E-state index is 12.8. The maximum Gasteiger partial charge on any atom is 0.273 e. The van der Waals surface area contributed by atoms with Gasteiger partial charge in [-0.15, -0.1) is 0 Å². The first-order chi connectivity index (χ1) is 14.5. The van der Waals surface area contributed by atoms with Crippen LogP contribution in [0.15, 0.2) is 53.6 Å². The van der Waals surface area contributed by atoms with Crippen molar-refractivity contribution in [3.8, 4) is 17.0 Å². The summed E-state index contributed by atoms with van der Waals surface area (Å²) < 4.78 is 11.2. The smallest absolute Gasteiger partial charge is 0.273 e. The second kappa shape index (κ2) is 8.25. The number of methoxy groups -OCH3 is 1. The Morgan fingerprint density at radius 1 is 1.27 bits per heavy atom. The molecule has 0 bridgehead atoms. The van der Waals surface area contributed by atoms with Gasteiger partial charge in [0.25, 0.3) is 5.56 Å². The number of aryl methyl sites for hydroxylation is 1. The second-order valence-corrected chi connectivity index (χ2v) is 7.83. The predicted octanol–water partition coefficient (Wildman–Crippen LogP) is 4.13. The van der Waals surface area contributed by atoms with Gasteiger partial charge in [0.2, 0.25) is 5.91 Å². The number of amides is 1. The Morgan fingerprint density at radius 3 is 2.83 bits per heavy atom. The molecule has 0 saturated carbocycles. The van der Waals surface area contributed by atoms with Crippen LogP contribution in [0.2, 0.25) is 5.02 Å². The number of rotatable bonds is 5. The number of nitrogens with zero attached hydrogens (tertiary/aromatic N) is 3. The Kier molecular flexibility index (Phi) is 5.52. The molecule has 4 aromatic rings. The molecule has 0 saturated heterocycles. The zero-order valence-electron chi connectivity index (χ0n) is 16.2. The molecule has 0 spiro atoms. The van der Waals surface area contributed by atoms with Crippen molar-refractivity contribution in [2.45, 2.75) is 13.5 Å². The summed E-state index contributed by atoms with van der Waals surface area (Å²) in [6.07, 6.45) is 1.37. The normalized spacial score (nSPS) is 10.9. The van der Waals surface area contributed by atoms with Gasteiger partial charge < -0.3 is 10.1 Å². The van der Waals surface area contributed by atoms with Crippen molar-refractivity contribution in [1.82, 2.24) is 13.9 Å². The van der Waals surface area contributed by atoms with Crippen molar-refractivity contribution >= 4 is 44.9 Å². The number of hydrogen-bond acceptors (Lipinski definition) is 6. The van der Waals surface area contributed by atoms with Crippen molar-refractivity contribution < 1.29 is 9.53 Å². The first-order valence-corrected chi connectivity index (χ1v) is 10.2. The largest absolute Gasteiger partial charge is 0.495 e. The molecule has 0 aliphatic heterocycles. The van der Waals surface area contributed by atoms with Crippen molar-refractivity contribution in [2.24, 2.45) is 0 Å². The lowest BCUT2D eigenvalue weighted by atomic mass is 10.1. The van der Waals surface area contributed by atoms with Crippen LogP contribution < -0.4 is 15.6 Å². The van der Waals surface area contributed by atoms with Gasteiger partial charge in [0, 0.05) is 11.3 Å². The molecule has 7 nitrogen and oxygen atoms in total. The Balaban J connectivity index is 1.58. The lowest BCUT2D eigenvalue weighted by Gasteiger charge is -2.09. The first kappa shape index (κ1) is 20.1. The summed E-state index contributed by atoms with van der Waals surface area (Å²) in [5.74, 6) is 0.137. The van der Waals surface area contributed by atoms with E-state index < -0.39 is 0 Å².